The lowest BCUT2D eigenvalue weighted by Gasteiger charge is -2.28. The van der Waals surface area contributed by atoms with Gasteiger partial charge in [0.15, 0.2) is 6.10 Å². The molecule has 0 aromatic heterocycles. The molecule has 1 rings (SSSR count). The molecule has 8 heteroatoms. The average Bonchev–Trinajstić information content (AvgIpc) is 2.18. The number of hydrogen-bond acceptors (Lipinski definition) is 6. The highest BCUT2D eigenvalue weighted by Crippen LogP contribution is 2.15. The summed E-state index contributed by atoms with van der Waals surface area (Å²) in [7, 11) is 0. The van der Waals surface area contributed by atoms with Gasteiger partial charge in [0.05, 0.1) is 12.7 Å². The minimum absolute atomic E-state index is 0.0824. The van der Waals surface area contributed by atoms with Crippen molar-refractivity contribution in [3.05, 3.63) is 10.4 Å². The van der Waals surface area contributed by atoms with E-state index in [1.807, 2.05) is 0 Å². The number of aliphatic hydroxyl groups excluding tert-OH is 2. The predicted octanol–water partition coefficient (Wildman–Crippen LogP) is -0.734. The number of nitrogens with zero attached hydrogens (tertiary/aromatic N) is 3. The van der Waals surface area contributed by atoms with Gasteiger partial charge in [0.25, 0.3) is 0 Å². The summed E-state index contributed by atoms with van der Waals surface area (Å²) >= 11 is 0. The molecule has 0 saturated carbocycles. The normalized spacial score (nSPS) is 31.7. The maximum Gasteiger partial charge on any atom is 0.346 e. The third kappa shape index (κ3) is 2.57. The van der Waals surface area contributed by atoms with E-state index in [0.717, 1.165) is 0 Å². The van der Waals surface area contributed by atoms with Gasteiger partial charge in [-0.3, -0.25) is 0 Å². The van der Waals surface area contributed by atoms with Gasteiger partial charge >= 0.3 is 5.97 Å². The van der Waals surface area contributed by atoms with E-state index in [-0.39, 0.29) is 13.0 Å². The molecule has 1 saturated heterocycles. The molecule has 3 unspecified atom stereocenters. The number of rotatable bonds is 2. The van der Waals surface area contributed by atoms with E-state index in [1.165, 1.54) is 0 Å². The van der Waals surface area contributed by atoms with Crippen LogP contribution < -0.4 is 0 Å². The van der Waals surface area contributed by atoms with Crippen molar-refractivity contribution < 1.29 is 24.6 Å². The van der Waals surface area contributed by atoms with Crippen LogP contribution in [0.1, 0.15) is 6.42 Å². The third-order valence-corrected chi connectivity index (χ3v) is 1.80. The lowest BCUT2D eigenvalue weighted by Crippen LogP contribution is -2.44. The van der Waals surface area contributed by atoms with Crippen molar-refractivity contribution in [2.45, 2.75) is 24.7 Å². The van der Waals surface area contributed by atoms with Gasteiger partial charge in [-0.05, 0) is 5.53 Å². The fraction of sp³-hybridized carbons (Fsp3) is 0.833. The van der Waals surface area contributed by atoms with Crippen LogP contribution >= 0.6 is 0 Å². The number of carbonyl (C=O) groups excluding carboxylic acids is 1. The topological polar surface area (TPSA) is 125 Å². The second-order valence-electron chi connectivity index (χ2n) is 2.77. The van der Waals surface area contributed by atoms with Gasteiger partial charge in [0.1, 0.15) is 11.4 Å². The fourth-order valence-corrected chi connectivity index (χ4v) is 1.05. The van der Waals surface area contributed by atoms with Gasteiger partial charge in [-0.25, -0.2) is 4.79 Å². The van der Waals surface area contributed by atoms with Crippen molar-refractivity contribution in [1.82, 2.24) is 0 Å². The number of hydrogen-bond donors (Lipinski definition) is 2. The quantitative estimate of drug-likeness (QED) is 0.265. The van der Waals surface area contributed by atoms with Crippen LogP contribution in [0.4, 0.5) is 0 Å². The molecule has 1 aliphatic rings. The third-order valence-electron chi connectivity index (χ3n) is 1.80. The molecule has 78 valence electrons. The Balaban J connectivity index is 2.46. The predicted molar refractivity (Wildman–Crippen MR) is 41.6 cm³/mol. The maximum absolute atomic E-state index is 11.0. The zero-order valence-corrected chi connectivity index (χ0v) is 7.11. The van der Waals surface area contributed by atoms with E-state index in [0.29, 0.717) is 0 Å². The SMILES string of the molecule is [N-]=[N+]=NOC(=O)C1CC(O)C(O)CO1. The fourth-order valence-electron chi connectivity index (χ4n) is 1.05. The second-order valence-corrected chi connectivity index (χ2v) is 2.77. The zero-order chi connectivity index (χ0) is 10.6. The Morgan fingerprint density at radius 2 is 2.29 bits per heavy atom. The summed E-state index contributed by atoms with van der Waals surface area (Å²) in [5, 5.41) is 20.8. The molecule has 1 fully saturated rings. The molecule has 1 aliphatic heterocycles. The molecule has 14 heavy (non-hydrogen) atoms. The number of carbonyl (C=O) groups is 1. The molecule has 0 bridgehead atoms. The van der Waals surface area contributed by atoms with Crippen LogP contribution in [-0.2, 0) is 14.4 Å². The molecule has 0 aromatic rings. The van der Waals surface area contributed by atoms with Gasteiger partial charge in [0, 0.05) is 11.3 Å². The van der Waals surface area contributed by atoms with Crippen molar-refractivity contribution in [3.8, 4) is 0 Å². The lowest BCUT2D eigenvalue weighted by molar-refractivity contribution is -0.174. The Bertz CT molecular complexity index is 264. The van der Waals surface area contributed by atoms with Crippen molar-refractivity contribution in [1.29, 1.82) is 0 Å². The van der Waals surface area contributed by atoms with Crippen LogP contribution in [0.2, 0.25) is 0 Å². The Hall–Kier alpha value is -1.34. The first-order valence-corrected chi connectivity index (χ1v) is 3.88. The summed E-state index contributed by atoms with van der Waals surface area (Å²) in [4.78, 5) is 17.3. The monoisotopic (exact) mass is 203 g/mol. The Morgan fingerprint density at radius 3 is 2.86 bits per heavy atom. The van der Waals surface area contributed by atoms with E-state index < -0.39 is 24.3 Å². The Labute approximate surface area is 78.6 Å². The highest BCUT2D eigenvalue weighted by Gasteiger charge is 2.33. The van der Waals surface area contributed by atoms with Crippen molar-refractivity contribution in [3.63, 3.8) is 0 Å². The first-order chi connectivity index (χ1) is 6.65. The molecule has 3 atom stereocenters. The van der Waals surface area contributed by atoms with Crippen LogP contribution in [0.15, 0.2) is 5.28 Å². The summed E-state index contributed by atoms with van der Waals surface area (Å²) in [5.74, 6) is -0.881. The van der Waals surface area contributed by atoms with Crippen LogP contribution in [0.3, 0.4) is 0 Å². The maximum atomic E-state index is 11.0. The van der Waals surface area contributed by atoms with Crippen LogP contribution in [-0.4, -0.2) is 41.1 Å². The largest absolute Gasteiger partial charge is 0.390 e. The average molecular weight is 203 g/mol. The molecule has 8 nitrogen and oxygen atoms in total. The molecule has 1 heterocycles. The minimum Gasteiger partial charge on any atom is -0.390 e. The Kier molecular flexibility index (Phi) is 3.66. The van der Waals surface area contributed by atoms with E-state index in [2.05, 4.69) is 15.0 Å². The first kappa shape index (κ1) is 10.7. The number of aliphatic hydroxyl groups is 2. The molecule has 0 aromatic carbocycles. The summed E-state index contributed by atoms with van der Waals surface area (Å²) in [6.07, 6.45) is -3.12. The van der Waals surface area contributed by atoms with Crippen LogP contribution in [0, 0.1) is 0 Å². The van der Waals surface area contributed by atoms with Gasteiger partial charge in [-0.1, -0.05) is 0 Å². The molecule has 0 amide bonds. The van der Waals surface area contributed by atoms with E-state index in [1.54, 1.807) is 0 Å². The van der Waals surface area contributed by atoms with Gasteiger partial charge in [-0.2, -0.15) is 0 Å². The smallest absolute Gasteiger partial charge is 0.346 e. The summed E-state index contributed by atoms with van der Waals surface area (Å²) in [5.41, 5.74) is 7.86. The van der Waals surface area contributed by atoms with Gasteiger partial charge in [0.2, 0.25) is 0 Å². The minimum atomic E-state index is -1.03. The first-order valence-electron chi connectivity index (χ1n) is 3.88. The standard InChI is InChI=1S/C6H9N3O5/c7-8-9-14-6(12)5-1-3(10)4(11)2-13-5/h3-5,10-11H,1-2H2. The Morgan fingerprint density at radius 1 is 1.57 bits per heavy atom. The van der Waals surface area contributed by atoms with Crippen LogP contribution in [0.25, 0.3) is 10.4 Å². The molecule has 0 aliphatic carbocycles. The summed E-state index contributed by atoms with van der Waals surface area (Å²) in [6.45, 7) is -0.156. The van der Waals surface area contributed by atoms with E-state index in [4.69, 9.17) is 15.4 Å². The molecule has 0 radical (unpaired) electrons. The van der Waals surface area contributed by atoms with Crippen molar-refractivity contribution in [2.75, 3.05) is 6.61 Å². The molecular weight excluding hydrogens is 194 g/mol. The number of azide groups is 1. The number of ether oxygens (including phenoxy) is 1. The second kappa shape index (κ2) is 4.77. The van der Waals surface area contributed by atoms with Gasteiger partial charge < -0.3 is 19.8 Å². The molecule has 0 spiro atoms. The molecule has 2 N–H and O–H groups in total. The molecular formula is C6H9N3O5. The lowest BCUT2D eigenvalue weighted by atomic mass is 10.0. The summed E-state index contributed by atoms with van der Waals surface area (Å²) in [6, 6.07) is 0. The van der Waals surface area contributed by atoms with Crippen molar-refractivity contribution >= 4 is 5.97 Å². The van der Waals surface area contributed by atoms with Crippen LogP contribution in [0.5, 0.6) is 0 Å². The van der Waals surface area contributed by atoms with E-state index in [9.17, 15) is 9.90 Å². The van der Waals surface area contributed by atoms with Crippen molar-refractivity contribution in [2.24, 2.45) is 5.28 Å². The van der Waals surface area contributed by atoms with E-state index >= 15 is 0 Å². The highest BCUT2D eigenvalue weighted by atomic mass is 16.7. The zero-order valence-electron chi connectivity index (χ0n) is 7.11. The summed E-state index contributed by atoms with van der Waals surface area (Å²) < 4.78 is 4.85. The highest BCUT2D eigenvalue weighted by molar-refractivity contribution is 5.74. The van der Waals surface area contributed by atoms with Gasteiger partial charge in [-0.15, -0.1) is 0 Å².